The molecule has 20 heavy (non-hydrogen) atoms. The molecule has 0 radical (unpaired) electrons. The molecule has 0 spiro atoms. The molecule has 2 unspecified atom stereocenters. The molecule has 1 N–H and O–H groups in total. The molecule has 0 bridgehead atoms. The van der Waals surface area contributed by atoms with E-state index < -0.39 is 0 Å². The Labute approximate surface area is 131 Å². The van der Waals surface area contributed by atoms with Crippen molar-refractivity contribution in [2.75, 3.05) is 18.5 Å². The maximum atomic E-state index is 8.87. The highest BCUT2D eigenvalue weighted by Crippen LogP contribution is 2.30. The van der Waals surface area contributed by atoms with Crippen molar-refractivity contribution < 1.29 is 0 Å². The molecular weight excluding hydrogens is 314 g/mol. The summed E-state index contributed by atoms with van der Waals surface area (Å²) >= 11 is 3.55. The van der Waals surface area contributed by atoms with E-state index in [1.54, 1.807) is 0 Å². The lowest BCUT2D eigenvalue weighted by molar-refractivity contribution is 0.567. The molecule has 0 saturated carbocycles. The van der Waals surface area contributed by atoms with Gasteiger partial charge < -0.3 is 10.2 Å². The van der Waals surface area contributed by atoms with E-state index in [-0.39, 0.29) is 6.04 Å². The summed E-state index contributed by atoms with van der Waals surface area (Å²) in [5, 5.41) is 12.4. The summed E-state index contributed by atoms with van der Waals surface area (Å²) in [6, 6.07) is 9.09. The molecule has 0 fully saturated rings. The second-order valence-electron chi connectivity index (χ2n) is 5.20. The standard InChI is InChI=1S/C16H24BrN3/c1-5-10-19-13(3)15-11-14(17)6-7-16(15)20(4)12(2)8-9-18/h6-7,11-13,19H,5,8,10H2,1-4H3. The molecule has 3 nitrogen and oxygen atoms in total. The van der Waals surface area contributed by atoms with Crippen LogP contribution < -0.4 is 10.2 Å². The van der Waals surface area contributed by atoms with E-state index in [0.29, 0.717) is 12.5 Å². The number of anilines is 1. The van der Waals surface area contributed by atoms with Crippen LogP contribution in [0, 0.1) is 11.3 Å². The first-order valence-corrected chi connectivity index (χ1v) is 7.93. The molecule has 0 aliphatic heterocycles. The van der Waals surface area contributed by atoms with Gasteiger partial charge in [-0.05, 0) is 50.6 Å². The average Bonchev–Trinajstić information content (AvgIpc) is 2.44. The molecule has 0 aromatic heterocycles. The van der Waals surface area contributed by atoms with Gasteiger partial charge in [0, 0.05) is 29.3 Å². The minimum Gasteiger partial charge on any atom is -0.371 e. The molecule has 1 aromatic carbocycles. The number of hydrogen-bond acceptors (Lipinski definition) is 3. The van der Waals surface area contributed by atoms with E-state index in [2.05, 4.69) is 78.2 Å². The summed E-state index contributed by atoms with van der Waals surface area (Å²) in [7, 11) is 2.06. The topological polar surface area (TPSA) is 39.1 Å². The summed E-state index contributed by atoms with van der Waals surface area (Å²) < 4.78 is 1.09. The first kappa shape index (κ1) is 17.0. The fraction of sp³-hybridized carbons (Fsp3) is 0.562. The van der Waals surface area contributed by atoms with Crippen LogP contribution in [0.1, 0.15) is 45.2 Å². The molecule has 0 heterocycles. The Morgan fingerprint density at radius 2 is 2.10 bits per heavy atom. The van der Waals surface area contributed by atoms with Gasteiger partial charge in [-0.25, -0.2) is 0 Å². The normalized spacial score (nSPS) is 13.6. The number of halogens is 1. The van der Waals surface area contributed by atoms with Gasteiger partial charge in [0.15, 0.2) is 0 Å². The number of nitrogens with one attached hydrogen (secondary N) is 1. The average molecular weight is 338 g/mol. The second-order valence-corrected chi connectivity index (χ2v) is 6.12. The van der Waals surface area contributed by atoms with E-state index >= 15 is 0 Å². The summed E-state index contributed by atoms with van der Waals surface area (Å²) in [6.45, 7) is 7.44. The lowest BCUT2D eigenvalue weighted by Gasteiger charge is -2.30. The van der Waals surface area contributed by atoms with Crippen LogP contribution in [0.5, 0.6) is 0 Å². The lowest BCUT2D eigenvalue weighted by atomic mass is 10.0. The van der Waals surface area contributed by atoms with Gasteiger partial charge in [0.25, 0.3) is 0 Å². The van der Waals surface area contributed by atoms with Gasteiger partial charge >= 0.3 is 0 Å². The molecule has 110 valence electrons. The predicted octanol–water partition coefficient (Wildman–Crippen LogP) is 4.25. The van der Waals surface area contributed by atoms with Crippen molar-refractivity contribution in [2.45, 2.75) is 45.7 Å². The summed E-state index contributed by atoms with van der Waals surface area (Å²) in [4.78, 5) is 2.19. The number of nitriles is 1. The van der Waals surface area contributed by atoms with Crippen LogP contribution in [0.2, 0.25) is 0 Å². The van der Waals surface area contributed by atoms with E-state index in [0.717, 1.165) is 17.4 Å². The lowest BCUT2D eigenvalue weighted by Crippen LogP contribution is -2.30. The summed E-state index contributed by atoms with van der Waals surface area (Å²) in [6.07, 6.45) is 1.65. The highest BCUT2D eigenvalue weighted by atomic mass is 79.9. The van der Waals surface area contributed by atoms with Crippen molar-refractivity contribution in [1.82, 2.24) is 5.32 Å². The molecule has 0 aliphatic rings. The molecule has 0 aliphatic carbocycles. The number of hydrogen-bond donors (Lipinski definition) is 1. The number of nitrogens with zero attached hydrogens (tertiary/aromatic N) is 2. The Morgan fingerprint density at radius 1 is 1.40 bits per heavy atom. The molecule has 1 rings (SSSR count). The Kier molecular flexibility index (Phi) is 7.04. The van der Waals surface area contributed by atoms with Crippen molar-refractivity contribution in [3.8, 4) is 6.07 Å². The summed E-state index contributed by atoms with van der Waals surface area (Å²) in [5.41, 5.74) is 2.45. The molecule has 0 saturated heterocycles. The van der Waals surface area contributed by atoms with Crippen LogP contribution in [-0.4, -0.2) is 19.6 Å². The van der Waals surface area contributed by atoms with Crippen molar-refractivity contribution in [3.05, 3.63) is 28.2 Å². The van der Waals surface area contributed by atoms with Crippen LogP contribution >= 0.6 is 15.9 Å². The maximum absolute atomic E-state index is 8.87. The summed E-state index contributed by atoms with van der Waals surface area (Å²) in [5.74, 6) is 0. The fourth-order valence-corrected chi connectivity index (χ4v) is 2.55. The van der Waals surface area contributed by atoms with Crippen molar-refractivity contribution in [2.24, 2.45) is 0 Å². The van der Waals surface area contributed by atoms with Gasteiger partial charge in [0.05, 0.1) is 12.5 Å². The van der Waals surface area contributed by atoms with Gasteiger partial charge in [-0.2, -0.15) is 5.26 Å². The van der Waals surface area contributed by atoms with Crippen LogP contribution in [0.4, 0.5) is 5.69 Å². The van der Waals surface area contributed by atoms with Gasteiger partial charge in [0.2, 0.25) is 0 Å². The van der Waals surface area contributed by atoms with Crippen LogP contribution in [-0.2, 0) is 0 Å². The Balaban J connectivity index is 3.03. The molecular formula is C16H24BrN3. The van der Waals surface area contributed by atoms with Crippen LogP contribution in [0.25, 0.3) is 0 Å². The van der Waals surface area contributed by atoms with Gasteiger partial charge in [-0.1, -0.05) is 22.9 Å². The zero-order valence-corrected chi connectivity index (χ0v) is 14.4. The monoisotopic (exact) mass is 337 g/mol. The van der Waals surface area contributed by atoms with Crippen LogP contribution in [0.3, 0.4) is 0 Å². The second kappa shape index (κ2) is 8.28. The molecule has 1 aromatic rings. The Bertz CT molecular complexity index is 467. The Hall–Kier alpha value is -1.05. The minimum absolute atomic E-state index is 0.207. The quantitative estimate of drug-likeness (QED) is 0.808. The van der Waals surface area contributed by atoms with E-state index in [1.807, 2.05) is 0 Å². The van der Waals surface area contributed by atoms with Gasteiger partial charge in [-0.3, -0.25) is 0 Å². The first-order chi connectivity index (χ1) is 9.51. The molecule has 0 amide bonds. The molecule has 4 heteroatoms. The van der Waals surface area contributed by atoms with Crippen molar-refractivity contribution in [1.29, 1.82) is 5.26 Å². The third kappa shape index (κ3) is 4.50. The van der Waals surface area contributed by atoms with Crippen molar-refractivity contribution >= 4 is 21.6 Å². The van der Waals surface area contributed by atoms with E-state index in [4.69, 9.17) is 5.26 Å². The van der Waals surface area contributed by atoms with Gasteiger partial charge in [0.1, 0.15) is 0 Å². The molecule has 2 atom stereocenters. The van der Waals surface area contributed by atoms with Crippen molar-refractivity contribution in [3.63, 3.8) is 0 Å². The maximum Gasteiger partial charge on any atom is 0.0643 e. The third-order valence-corrected chi connectivity index (χ3v) is 4.08. The smallest absolute Gasteiger partial charge is 0.0643 e. The highest BCUT2D eigenvalue weighted by Gasteiger charge is 2.17. The third-order valence-electron chi connectivity index (χ3n) is 3.58. The Morgan fingerprint density at radius 3 is 2.70 bits per heavy atom. The zero-order chi connectivity index (χ0) is 15.1. The fourth-order valence-electron chi connectivity index (χ4n) is 2.17. The SMILES string of the molecule is CCCNC(C)c1cc(Br)ccc1N(C)C(C)CC#N. The zero-order valence-electron chi connectivity index (χ0n) is 12.8. The van der Waals surface area contributed by atoms with E-state index in [1.165, 1.54) is 11.3 Å². The number of rotatable bonds is 7. The van der Waals surface area contributed by atoms with E-state index in [9.17, 15) is 0 Å². The van der Waals surface area contributed by atoms with Gasteiger partial charge in [-0.15, -0.1) is 0 Å². The van der Waals surface area contributed by atoms with Crippen LogP contribution in [0.15, 0.2) is 22.7 Å². The first-order valence-electron chi connectivity index (χ1n) is 7.13. The highest BCUT2D eigenvalue weighted by molar-refractivity contribution is 9.10. The predicted molar refractivity (Wildman–Crippen MR) is 88.9 cm³/mol. The largest absolute Gasteiger partial charge is 0.371 e. The minimum atomic E-state index is 0.207. The number of benzene rings is 1.